The number of nitrogens with one attached hydrogen (secondary N) is 1. The number of fused-ring (bicyclic) bond motifs is 2. The van der Waals surface area contributed by atoms with Crippen molar-refractivity contribution in [3.63, 3.8) is 0 Å². The van der Waals surface area contributed by atoms with Crippen molar-refractivity contribution in [3.05, 3.63) is 20.8 Å². The highest BCUT2D eigenvalue weighted by molar-refractivity contribution is 9.11. The third kappa shape index (κ3) is 2.43. The number of hydrogen-bond acceptors (Lipinski definition) is 2. The number of amides is 1. The van der Waals surface area contributed by atoms with E-state index in [0.29, 0.717) is 0 Å². The zero-order valence-corrected chi connectivity index (χ0v) is 12.0. The van der Waals surface area contributed by atoms with Crippen LogP contribution >= 0.6 is 27.3 Å². The van der Waals surface area contributed by atoms with Crippen LogP contribution in [0.2, 0.25) is 0 Å². The molecule has 0 radical (unpaired) electrons. The molecule has 2 nitrogen and oxygen atoms in total. The van der Waals surface area contributed by atoms with Crippen molar-refractivity contribution in [3.8, 4) is 0 Å². The first-order valence-electron chi connectivity index (χ1n) is 6.24. The van der Waals surface area contributed by atoms with Crippen LogP contribution in [-0.4, -0.2) is 12.5 Å². The maximum Gasteiger partial charge on any atom is 0.252 e. The molecule has 2 fully saturated rings. The predicted octanol–water partition coefficient (Wildman–Crippen LogP) is 3.68. The molecule has 1 amide bonds. The van der Waals surface area contributed by atoms with E-state index in [9.17, 15) is 4.79 Å². The average molecular weight is 314 g/mol. The Labute approximate surface area is 114 Å². The fourth-order valence-electron chi connectivity index (χ4n) is 3.38. The van der Waals surface area contributed by atoms with Crippen molar-refractivity contribution >= 4 is 33.2 Å². The number of halogens is 1. The highest BCUT2D eigenvalue weighted by Crippen LogP contribution is 2.47. The molecule has 3 atom stereocenters. The van der Waals surface area contributed by atoms with Gasteiger partial charge in [-0.3, -0.25) is 4.79 Å². The molecule has 1 heterocycles. The Morgan fingerprint density at radius 1 is 1.47 bits per heavy atom. The Balaban J connectivity index is 1.53. The van der Waals surface area contributed by atoms with E-state index in [1.165, 1.54) is 25.7 Å². The topological polar surface area (TPSA) is 29.1 Å². The highest BCUT2D eigenvalue weighted by Gasteiger charge is 2.39. The smallest absolute Gasteiger partial charge is 0.252 e. The van der Waals surface area contributed by atoms with Gasteiger partial charge in [-0.25, -0.2) is 0 Å². The number of carbonyl (C=O) groups is 1. The van der Waals surface area contributed by atoms with Crippen LogP contribution in [0.5, 0.6) is 0 Å². The van der Waals surface area contributed by atoms with Crippen LogP contribution in [0.1, 0.15) is 36.0 Å². The second-order valence-electron chi connectivity index (χ2n) is 5.28. The van der Waals surface area contributed by atoms with Crippen molar-refractivity contribution in [1.82, 2.24) is 5.32 Å². The van der Waals surface area contributed by atoms with Gasteiger partial charge in [0.15, 0.2) is 0 Å². The molecular weight excluding hydrogens is 298 g/mol. The number of rotatable bonds is 3. The molecule has 0 aliphatic heterocycles. The lowest BCUT2D eigenvalue weighted by Crippen LogP contribution is -2.31. The molecule has 3 rings (SSSR count). The summed E-state index contributed by atoms with van der Waals surface area (Å²) < 4.78 is 1.02. The van der Waals surface area contributed by atoms with Crippen LogP contribution in [0, 0.1) is 17.8 Å². The number of hydrogen-bond donors (Lipinski definition) is 1. The predicted molar refractivity (Wildman–Crippen MR) is 73.3 cm³/mol. The van der Waals surface area contributed by atoms with E-state index in [4.69, 9.17) is 0 Å². The highest BCUT2D eigenvalue weighted by atomic mass is 79.9. The largest absolute Gasteiger partial charge is 0.352 e. The molecule has 17 heavy (non-hydrogen) atoms. The minimum atomic E-state index is 0.0784. The molecule has 1 N–H and O–H groups in total. The summed E-state index contributed by atoms with van der Waals surface area (Å²) in [6.45, 7) is 0.869. The molecule has 92 valence electrons. The summed E-state index contributed by atoms with van der Waals surface area (Å²) in [5.41, 5.74) is 0.782. The molecule has 4 heteroatoms. The first-order valence-corrected chi connectivity index (χ1v) is 7.92. The van der Waals surface area contributed by atoms with Crippen LogP contribution in [0.3, 0.4) is 0 Å². The number of thiophene rings is 1. The molecule has 2 aliphatic rings. The van der Waals surface area contributed by atoms with Crippen LogP contribution in [0.25, 0.3) is 0 Å². The van der Waals surface area contributed by atoms with Crippen LogP contribution in [0.15, 0.2) is 15.2 Å². The summed E-state index contributed by atoms with van der Waals surface area (Å²) in [6.07, 6.45) is 5.55. The summed E-state index contributed by atoms with van der Waals surface area (Å²) in [7, 11) is 0. The molecular formula is C13H16BrNOS. The Morgan fingerprint density at radius 3 is 2.94 bits per heavy atom. The van der Waals surface area contributed by atoms with Crippen molar-refractivity contribution in [2.45, 2.75) is 25.7 Å². The molecule has 0 saturated heterocycles. The zero-order chi connectivity index (χ0) is 11.8. The second kappa shape index (κ2) is 4.73. The SMILES string of the molecule is O=C(NCC1CC2CCC1C2)c1csc(Br)c1. The molecule has 2 saturated carbocycles. The molecule has 1 aromatic heterocycles. The van der Waals surface area contributed by atoms with Crippen LogP contribution < -0.4 is 5.32 Å². The van der Waals surface area contributed by atoms with Gasteiger partial charge in [0.25, 0.3) is 5.91 Å². The fourth-order valence-corrected chi connectivity index (χ4v) is 4.52. The average Bonchev–Trinajstić information content (AvgIpc) is 3.01. The molecule has 1 aromatic rings. The first kappa shape index (κ1) is 11.7. The number of carbonyl (C=O) groups excluding carboxylic acids is 1. The minimum Gasteiger partial charge on any atom is -0.352 e. The van der Waals surface area contributed by atoms with E-state index in [-0.39, 0.29) is 5.91 Å². The van der Waals surface area contributed by atoms with E-state index in [1.807, 2.05) is 11.4 Å². The Bertz CT molecular complexity index is 431. The van der Waals surface area contributed by atoms with Gasteiger partial charge in [-0.1, -0.05) is 6.42 Å². The Morgan fingerprint density at radius 2 is 2.35 bits per heavy atom. The maximum absolute atomic E-state index is 11.9. The minimum absolute atomic E-state index is 0.0784. The molecule has 3 unspecified atom stereocenters. The Hall–Kier alpha value is -0.350. The molecule has 0 aromatic carbocycles. The molecule has 2 aliphatic carbocycles. The standard InChI is InChI=1S/C13H16BrNOS/c14-12-5-11(7-17-12)13(16)15-6-10-4-8-1-2-9(10)3-8/h5,7-10H,1-4,6H2,(H,15,16). The van der Waals surface area contributed by atoms with Crippen molar-refractivity contribution in [2.24, 2.45) is 17.8 Å². The van der Waals surface area contributed by atoms with Crippen molar-refractivity contribution < 1.29 is 4.79 Å². The van der Waals surface area contributed by atoms with Gasteiger partial charge in [-0.15, -0.1) is 11.3 Å². The van der Waals surface area contributed by atoms with E-state index < -0.39 is 0 Å². The summed E-state index contributed by atoms with van der Waals surface area (Å²) in [5.74, 6) is 2.65. The summed E-state index contributed by atoms with van der Waals surface area (Å²) in [6, 6.07) is 1.89. The van der Waals surface area contributed by atoms with E-state index in [1.54, 1.807) is 11.3 Å². The summed E-state index contributed by atoms with van der Waals surface area (Å²) in [5, 5.41) is 4.99. The fraction of sp³-hybridized carbons (Fsp3) is 0.615. The molecule has 0 spiro atoms. The quantitative estimate of drug-likeness (QED) is 0.906. The second-order valence-corrected chi connectivity index (χ2v) is 7.57. The van der Waals surface area contributed by atoms with Gasteiger partial charge in [-0.2, -0.15) is 0 Å². The normalized spacial score (nSPS) is 30.8. The van der Waals surface area contributed by atoms with Gasteiger partial charge >= 0.3 is 0 Å². The van der Waals surface area contributed by atoms with E-state index in [0.717, 1.165) is 33.6 Å². The maximum atomic E-state index is 11.9. The lowest BCUT2D eigenvalue weighted by molar-refractivity contribution is 0.0942. The van der Waals surface area contributed by atoms with Gasteiger partial charge < -0.3 is 5.32 Å². The summed E-state index contributed by atoms with van der Waals surface area (Å²) in [4.78, 5) is 11.9. The third-order valence-electron chi connectivity index (χ3n) is 4.24. The summed E-state index contributed by atoms with van der Waals surface area (Å²) >= 11 is 4.94. The third-order valence-corrected chi connectivity index (χ3v) is 5.74. The first-order chi connectivity index (χ1) is 8.22. The Kier molecular flexibility index (Phi) is 3.26. The van der Waals surface area contributed by atoms with Crippen molar-refractivity contribution in [1.29, 1.82) is 0 Å². The lowest BCUT2D eigenvalue weighted by atomic mass is 9.89. The van der Waals surface area contributed by atoms with Crippen LogP contribution in [0.4, 0.5) is 0 Å². The van der Waals surface area contributed by atoms with E-state index in [2.05, 4.69) is 21.2 Å². The van der Waals surface area contributed by atoms with E-state index >= 15 is 0 Å². The zero-order valence-electron chi connectivity index (χ0n) is 9.62. The van der Waals surface area contributed by atoms with Gasteiger partial charge in [0.2, 0.25) is 0 Å². The van der Waals surface area contributed by atoms with Crippen molar-refractivity contribution in [2.75, 3.05) is 6.54 Å². The monoisotopic (exact) mass is 313 g/mol. The van der Waals surface area contributed by atoms with Crippen LogP contribution in [-0.2, 0) is 0 Å². The molecule has 2 bridgehead atoms. The van der Waals surface area contributed by atoms with Gasteiger partial charge in [0.05, 0.1) is 9.35 Å². The van der Waals surface area contributed by atoms with Gasteiger partial charge in [-0.05, 0) is 59.0 Å². The lowest BCUT2D eigenvalue weighted by Gasteiger charge is -2.21. The van der Waals surface area contributed by atoms with Gasteiger partial charge in [0, 0.05) is 11.9 Å². The van der Waals surface area contributed by atoms with Gasteiger partial charge in [0.1, 0.15) is 0 Å².